The molecule has 1 aromatic carbocycles. The lowest BCUT2D eigenvalue weighted by Gasteiger charge is -2.43. The third-order valence-corrected chi connectivity index (χ3v) is 8.39. The Hall–Kier alpha value is -3.09. The van der Waals surface area contributed by atoms with Crippen LogP contribution in [0, 0.1) is 13.8 Å². The minimum atomic E-state index is 0. The lowest BCUT2D eigenvalue weighted by Crippen LogP contribution is -3.00. The number of fused-ring (bicyclic) bond motifs is 2. The number of nitrogens with zero attached hydrogens (tertiary/aromatic N) is 4. The number of aryl methyl sites for hydroxylation is 4. The van der Waals surface area contributed by atoms with Crippen molar-refractivity contribution >= 4 is 17.2 Å². The van der Waals surface area contributed by atoms with Gasteiger partial charge in [-0.1, -0.05) is 23.7 Å². The molecule has 0 saturated carbocycles. The lowest BCUT2D eigenvalue weighted by atomic mass is 9.87. The molecule has 0 radical (unpaired) electrons. The van der Waals surface area contributed by atoms with Crippen molar-refractivity contribution in [1.82, 2.24) is 15.0 Å². The highest BCUT2D eigenvalue weighted by atomic mass is 35.5. The summed E-state index contributed by atoms with van der Waals surface area (Å²) < 4.78 is 1.01. The summed E-state index contributed by atoms with van der Waals surface area (Å²) in [5.74, 6) is 0. The van der Waals surface area contributed by atoms with Crippen LogP contribution in [0.1, 0.15) is 57.5 Å². The molecule has 2 N–H and O–H groups in total. The molecule has 7 heteroatoms. The van der Waals surface area contributed by atoms with Crippen molar-refractivity contribution in [2.45, 2.75) is 52.6 Å². The molecule has 1 saturated heterocycles. The Morgan fingerprint density at radius 3 is 2.02 bits per heavy atom. The number of likely N-dealkylation sites (tertiary alicyclic amines) is 1. The van der Waals surface area contributed by atoms with Crippen molar-refractivity contribution in [3.63, 3.8) is 0 Å². The van der Waals surface area contributed by atoms with Crippen LogP contribution in [-0.2, 0) is 25.9 Å². The Balaban J connectivity index is 0.00000185. The Morgan fingerprint density at radius 1 is 0.775 bits per heavy atom. The first-order valence-corrected chi connectivity index (χ1v) is 14.0. The fraction of sp³-hybridized carbons (Fsp3) is 0.303. The van der Waals surface area contributed by atoms with E-state index in [0.717, 1.165) is 67.1 Å². The first-order chi connectivity index (χ1) is 18.5. The molecule has 0 amide bonds. The Kier molecular flexibility index (Phi) is 9.42. The van der Waals surface area contributed by atoms with E-state index in [9.17, 15) is 0 Å². The van der Waals surface area contributed by atoms with Crippen LogP contribution in [0.25, 0.3) is 5.57 Å². The zero-order chi connectivity index (χ0) is 26.1. The summed E-state index contributed by atoms with van der Waals surface area (Å²) in [5, 5.41) is 0.810. The first kappa shape index (κ1) is 29.9. The number of benzene rings is 1. The van der Waals surface area contributed by atoms with Gasteiger partial charge in [-0.25, -0.2) is 0 Å². The lowest BCUT2D eigenvalue weighted by molar-refractivity contribution is -0.956. The van der Waals surface area contributed by atoms with Gasteiger partial charge in [0.05, 0.1) is 18.8 Å². The summed E-state index contributed by atoms with van der Waals surface area (Å²) >= 11 is 6.44. The van der Waals surface area contributed by atoms with Crippen molar-refractivity contribution in [2.24, 2.45) is 0 Å². The molecule has 2 aliphatic rings. The number of aromatic nitrogens is 3. The van der Waals surface area contributed by atoms with E-state index < -0.39 is 0 Å². The molecule has 1 aliphatic carbocycles. The van der Waals surface area contributed by atoms with E-state index in [-0.39, 0.29) is 17.9 Å². The van der Waals surface area contributed by atoms with Crippen LogP contribution in [0.4, 0.5) is 0 Å². The number of hydrogen-bond donors (Lipinski definition) is 0. The maximum absolute atomic E-state index is 6.44. The fourth-order valence-corrected chi connectivity index (χ4v) is 6.61. The smallest absolute Gasteiger partial charge is 0.106 e. The van der Waals surface area contributed by atoms with Crippen LogP contribution in [0.15, 0.2) is 79.0 Å². The third kappa shape index (κ3) is 6.29. The van der Waals surface area contributed by atoms with Crippen LogP contribution < -0.4 is 12.4 Å². The molecule has 208 valence electrons. The average molecular weight is 576 g/mol. The monoisotopic (exact) mass is 574 g/mol. The number of halogens is 2. The van der Waals surface area contributed by atoms with Crippen molar-refractivity contribution in [3.8, 4) is 0 Å². The highest BCUT2D eigenvalue weighted by Crippen LogP contribution is 2.40. The molecule has 0 unspecified atom stereocenters. The second-order valence-electron chi connectivity index (χ2n) is 11.1. The molecular formula is C33H36Cl2N4O. The van der Waals surface area contributed by atoms with E-state index in [2.05, 4.69) is 60.2 Å². The highest BCUT2D eigenvalue weighted by Gasteiger charge is 2.35. The van der Waals surface area contributed by atoms with Gasteiger partial charge in [0.25, 0.3) is 0 Å². The number of pyridine rings is 3. The summed E-state index contributed by atoms with van der Waals surface area (Å²) in [6.45, 7) is 8.37. The zero-order valence-electron chi connectivity index (χ0n) is 23.1. The summed E-state index contributed by atoms with van der Waals surface area (Å²) in [6.07, 6.45) is 14.0. The molecule has 5 nitrogen and oxygen atoms in total. The van der Waals surface area contributed by atoms with Gasteiger partial charge in [-0.15, -0.1) is 0 Å². The topological polar surface area (TPSA) is 70.2 Å². The molecule has 0 bridgehead atoms. The van der Waals surface area contributed by atoms with Crippen LogP contribution >= 0.6 is 11.6 Å². The van der Waals surface area contributed by atoms with E-state index >= 15 is 0 Å². The zero-order valence-corrected chi connectivity index (χ0v) is 24.6. The van der Waals surface area contributed by atoms with E-state index in [4.69, 9.17) is 16.6 Å². The van der Waals surface area contributed by atoms with Gasteiger partial charge in [-0.2, -0.15) is 0 Å². The van der Waals surface area contributed by atoms with Gasteiger partial charge in [0.15, 0.2) is 0 Å². The summed E-state index contributed by atoms with van der Waals surface area (Å²) in [7, 11) is 0. The summed E-state index contributed by atoms with van der Waals surface area (Å²) in [5.41, 5.74) is 13.1. The van der Waals surface area contributed by atoms with E-state index in [0.29, 0.717) is 0 Å². The molecule has 0 atom stereocenters. The van der Waals surface area contributed by atoms with Gasteiger partial charge in [-0.05, 0) is 90.4 Å². The minimum Gasteiger partial charge on any atom is -1.00 e. The van der Waals surface area contributed by atoms with Gasteiger partial charge in [-0.3, -0.25) is 15.0 Å². The molecule has 6 rings (SSSR count). The largest absolute Gasteiger partial charge is 1.00 e. The van der Waals surface area contributed by atoms with Crippen molar-refractivity contribution in [2.75, 3.05) is 13.1 Å². The maximum atomic E-state index is 6.44. The molecular weight excluding hydrogens is 539 g/mol. The molecule has 0 spiro atoms. The predicted molar refractivity (Wildman–Crippen MR) is 157 cm³/mol. The molecule has 4 aromatic rings. The fourth-order valence-electron chi connectivity index (χ4n) is 6.42. The van der Waals surface area contributed by atoms with Gasteiger partial charge < -0.3 is 22.4 Å². The summed E-state index contributed by atoms with van der Waals surface area (Å²) in [6, 6.07) is 15.3. The number of quaternary nitrogens is 1. The Bertz CT molecular complexity index is 1480. The third-order valence-electron chi connectivity index (χ3n) is 8.16. The van der Waals surface area contributed by atoms with Gasteiger partial charge in [0.2, 0.25) is 0 Å². The Morgan fingerprint density at radius 2 is 1.40 bits per heavy atom. The van der Waals surface area contributed by atoms with E-state index in [1.54, 1.807) is 0 Å². The van der Waals surface area contributed by atoms with Gasteiger partial charge in [0, 0.05) is 65.5 Å². The standard InChI is InChI=1S/C33H34ClN4.ClH.H2O/c1-23-14-25(19-35-17-23)21-38(22-26-15-24(2)18-36-20-26)12-9-27(10-13-38)32-31-8-7-30(34)16-29(31)6-5-28-4-3-11-37-33(28)32;;/h3-4,7-8,11,14-20H,5-6,9-10,12-13,21-22H2,1-2H3;1H;1H2/q+1;;/p-1. The van der Waals surface area contributed by atoms with E-state index in [1.807, 2.05) is 37.1 Å². The van der Waals surface area contributed by atoms with Crippen LogP contribution in [0.2, 0.25) is 5.02 Å². The highest BCUT2D eigenvalue weighted by molar-refractivity contribution is 6.30. The molecule has 1 aliphatic heterocycles. The Labute approximate surface area is 248 Å². The summed E-state index contributed by atoms with van der Waals surface area (Å²) in [4.78, 5) is 14.0. The van der Waals surface area contributed by atoms with E-state index in [1.165, 1.54) is 50.1 Å². The van der Waals surface area contributed by atoms with Crippen LogP contribution in [0.3, 0.4) is 0 Å². The molecule has 1 fully saturated rings. The minimum absolute atomic E-state index is 0. The average Bonchev–Trinajstić information content (AvgIpc) is 3.06. The van der Waals surface area contributed by atoms with Crippen molar-refractivity contribution < 1.29 is 22.4 Å². The number of hydrogen-bond acceptors (Lipinski definition) is 3. The first-order valence-electron chi connectivity index (χ1n) is 13.6. The van der Waals surface area contributed by atoms with Crippen LogP contribution in [-0.4, -0.2) is 38.0 Å². The van der Waals surface area contributed by atoms with Gasteiger partial charge >= 0.3 is 0 Å². The number of piperidine rings is 1. The second-order valence-corrected chi connectivity index (χ2v) is 11.6. The normalized spacial score (nSPS) is 15.7. The predicted octanol–water partition coefficient (Wildman–Crippen LogP) is 3.23. The van der Waals surface area contributed by atoms with Gasteiger partial charge in [0.1, 0.15) is 13.1 Å². The van der Waals surface area contributed by atoms with Crippen molar-refractivity contribution in [3.05, 3.63) is 129 Å². The molecule has 4 heterocycles. The SMILES string of the molecule is Cc1cncc(C[N+]2(Cc3cncc(C)c3)CCC(=C3c4ccc(Cl)cc4CCc4cccnc43)CC2)c1.O.[Cl-]. The van der Waals surface area contributed by atoms with Crippen LogP contribution in [0.5, 0.6) is 0 Å². The van der Waals surface area contributed by atoms with Crippen molar-refractivity contribution in [1.29, 1.82) is 0 Å². The molecule has 40 heavy (non-hydrogen) atoms. The second kappa shape index (κ2) is 12.6. The number of rotatable bonds is 4. The quantitative estimate of drug-likeness (QED) is 0.351. The maximum Gasteiger partial charge on any atom is 0.106 e. The molecule has 3 aromatic heterocycles.